The predicted octanol–water partition coefficient (Wildman–Crippen LogP) is 3.17. The van der Waals surface area contributed by atoms with E-state index in [0.717, 1.165) is 24.1 Å². The number of hydrogen-bond donors (Lipinski definition) is 1. The highest BCUT2D eigenvalue weighted by atomic mass is 79.9. The Bertz CT molecular complexity index is 561. The van der Waals surface area contributed by atoms with Gasteiger partial charge in [0.2, 0.25) is 0 Å². The van der Waals surface area contributed by atoms with E-state index in [-0.39, 0.29) is 11.4 Å². The van der Waals surface area contributed by atoms with Crippen molar-refractivity contribution in [2.24, 2.45) is 11.8 Å². The van der Waals surface area contributed by atoms with Crippen LogP contribution in [0.1, 0.15) is 24.2 Å². The molecule has 3 rings (SSSR count). The number of carbonyl (C=O) groups excluding carboxylic acids is 1. The van der Waals surface area contributed by atoms with Gasteiger partial charge in [0.15, 0.2) is 0 Å². The maximum atomic E-state index is 12.9. The number of carbonyl (C=O) groups is 1. The number of hydrogen-bond acceptors (Lipinski definition) is 2. The number of halogens is 2. The highest BCUT2D eigenvalue weighted by Crippen LogP contribution is 2.41. The molecule has 2 atom stereocenters. The molecule has 2 fully saturated rings. The lowest BCUT2D eigenvalue weighted by Crippen LogP contribution is -2.47. The Kier molecular flexibility index (Phi) is 3.59. The van der Waals surface area contributed by atoms with Gasteiger partial charge in [-0.15, -0.1) is 0 Å². The van der Waals surface area contributed by atoms with Crippen LogP contribution >= 0.6 is 27.5 Å². The van der Waals surface area contributed by atoms with Gasteiger partial charge in [-0.25, -0.2) is 0 Å². The molecule has 20 heavy (non-hydrogen) atoms. The van der Waals surface area contributed by atoms with Gasteiger partial charge in [0.25, 0.3) is 5.91 Å². The molecule has 1 aromatic carbocycles. The van der Waals surface area contributed by atoms with Gasteiger partial charge in [-0.3, -0.25) is 4.79 Å². The van der Waals surface area contributed by atoms with E-state index >= 15 is 0 Å². The summed E-state index contributed by atoms with van der Waals surface area (Å²) in [7, 11) is 0. The zero-order valence-corrected chi connectivity index (χ0v) is 14.0. The number of amides is 1. The van der Waals surface area contributed by atoms with E-state index in [2.05, 4.69) is 35.1 Å². The first kappa shape index (κ1) is 14.4. The van der Waals surface area contributed by atoms with E-state index in [1.807, 2.05) is 4.90 Å². The third kappa shape index (κ3) is 2.18. The first-order chi connectivity index (χ1) is 9.41. The quantitative estimate of drug-likeness (QED) is 0.837. The lowest BCUT2D eigenvalue weighted by molar-refractivity contribution is 0.0602. The molecule has 3 nitrogen and oxygen atoms in total. The van der Waals surface area contributed by atoms with E-state index in [4.69, 9.17) is 11.6 Å². The van der Waals surface area contributed by atoms with Crippen LogP contribution in [0, 0.1) is 11.8 Å². The molecule has 2 aliphatic heterocycles. The van der Waals surface area contributed by atoms with Gasteiger partial charge >= 0.3 is 0 Å². The second-order valence-corrected chi connectivity index (χ2v) is 7.51. The fourth-order valence-electron chi connectivity index (χ4n) is 3.57. The van der Waals surface area contributed by atoms with Crippen molar-refractivity contribution in [1.29, 1.82) is 0 Å². The monoisotopic (exact) mass is 356 g/mol. The number of rotatable bonds is 1. The summed E-state index contributed by atoms with van der Waals surface area (Å²) in [6.45, 7) is 7.19. The first-order valence-electron chi connectivity index (χ1n) is 6.89. The maximum absolute atomic E-state index is 12.9. The van der Waals surface area contributed by atoms with Crippen LogP contribution in [-0.2, 0) is 0 Å². The molecule has 0 saturated carbocycles. The summed E-state index contributed by atoms with van der Waals surface area (Å²) in [6.07, 6.45) is 0. The van der Waals surface area contributed by atoms with Gasteiger partial charge in [0.1, 0.15) is 0 Å². The van der Waals surface area contributed by atoms with Crippen LogP contribution in [0.5, 0.6) is 0 Å². The SMILES string of the molecule is CC1(C)C2CNCC2CN1C(=O)c1ccc(Cl)cc1Br. The standard InChI is InChI=1S/C15H18BrClN2O/c1-15(2)12-7-18-6-9(12)8-19(15)14(20)11-4-3-10(17)5-13(11)16/h3-5,9,12,18H,6-8H2,1-2H3. The van der Waals surface area contributed by atoms with E-state index in [1.54, 1.807) is 18.2 Å². The molecule has 0 radical (unpaired) electrons. The Balaban J connectivity index is 1.91. The normalized spacial score (nSPS) is 27.7. The van der Waals surface area contributed by atoms with E-state index < -0.39 is 0 Å². The van der Waals surface area contributed by atoms with Crippen molar-refractivity contribution in [3.05, 3.63) is 33.3 Å². The minimum absolute atomic E-state index is 0.0907. The highest BCUT2D eigenvalue weighted by Gasteiger charge is 2.51. The van der Waals surface area contributed by atoms with Crippen LogP contribution in [0.4, 0.5) is 0 Å². The van der Waals surface area contributed by atoms with Crippen molar-refractivity contribution in [3.63, 3.8) is 0 Å². The average molecular weight is 358 g/mol. The summed E-state index contributed by atoms with van der Waals surface area (Å²) in [5.74, 6) is 1.20. The topological polar surface area (TPSA) is 32.3 Å². The molecule has 1 aromatic rings. The Hall–Kier alpha value is -0.580. The van der Waals surface area contributed by atoms with Crippen LogP contribution in [0.2, 0.25) is 5.02 Å². The summed E-state index contributed by atoms with van der Waals surface area (Å²) in [4.78, 5) is 14.9. The van der Waals surface area contributed by atoms with Gasteiger partial charge in [-0.05, 0) is 59.8 Å². The van der Waals surface area contributed by atoms with Crippen molar-refractivity contribution in [1.82, 2.24) is 10.2 Å². The molecule has 1 N–H and O–H groups in total. The Labute approximate surface area is 132 Å². The third-order valence-corrected chi connectivity index (χ3v) is 5.66. The van der Waals surface area contributed by atoms with Crippen LogP contribution in [0.3, 0.4) is 0 Å². The van der Waals surface area contributed by atoms with Crippen LogP contribution in [-0.4, -0.2) is 36.0 Å². The molecule has 2 saturated heterocycles. The minimum atomic E-state index is -0.107. The molecule has 2 aliphatic rings. The third-order valence-electron chi connectivity index (χ3n) is 4.77. The molecule has 2 unspecified atom stereocenters. The number of likely N-dealkylation sites (tertiary alicyclic amines) is 1. The van der Waals surface area contributed by atoms with Crippen molar-refractivity contribution in [3.8, 4) is 0 Å². The Morgan fingerprint density at radius 3 is 2.85 bits per heavy atom. The lowest BCUT2D eigenvalue weighted by atomic mass is 9.84. The maximum Gasteiger partial charge on any atom is 0.255 e. The van der Waals surface area contributed by atoms with Gasteiger partial charge in [-0.2, -0.15) is 0 Å². The number of benzene rings is 1. The second-order valence-electron chi connectivity index (χ2n) is 6.22. The van der Waals surface area contributed by atoms with Crippen molar-refractivity contribution in [2.45, 2.75) is 19.4 Å². The first-order valence-corrected chi connectivity index (χ1v) is 8.06. The van der Waals surface area contributed by atoms with Crippen molar-refractivity contribution < 1.29 is 4.79 Å². The van der Waals surface area contributed by atoms with Crippen LogP contribution < -0.4 is 5.32 Å². The molecular formula is C15H18BrClN2O. The number of nitrogens with one attached hydrogen (secondary N) is 1. The van der Waals surface area contributed by atoms with Gasteiger partial charge < -0.3 is 10.2 Å². The molecular weight excluding hydrogens is 340 g/mol. The Morgan fingerprint density at radius 1 is 1.45 bits per heavy atom. The lowest BCUT2D eigenvalue weighted by Gasteiger charge is -2.35. The largest absolute Gasteiger partial charge is 0.333 e. The summed E-state index contributed by atoms with van der Waals surface area (Å²) < 4.78 is 0.765. The average Bonchev–Trinajstić information content (AvgIpc) is 2.91. The van der Waals surface area contributed by atoms with Gasteiger partial charge in [-0.1, -0.05) is 11.6 Å². The fraction of sp³-hybridized carbons (Fsp3) is 0.533. The zero-order chi connectivity index (χ0) is 14.5. The van der Waals surface area contributed by atoms with E-state index in [9.17, 15) is 4.79 Å². The second kappa shape index (κ2) is 5.00. The highest BCUT2D eigenvalue weighted by molar-refractivity contribution is 9.10. The minimum Gasteiger partial charge on any atom is -0.333 e. The molecule has 5 heteroatoms. The summed E-state index contributed by atoms with van der Waals surface area (Å²) in [6, 6.07) is 5.35. The van der Waals surface area contributed by atoms with Crippen molar-refractivity contribution >= 4 is 33.4 Å². The number of nitrogens with zero attached hydrogens (tertiary/aromatic N) is 1. The molecule has 108 valence electrons. The van der Waals surface area contributed by atoms with E-state index in [1.165, 1.54) is 0 Å². The molecule has 0 spiro atoms. The molecule has 0 bridgehead atoms. The van der Waals surface area contributed by atoms with Gasteiger partial charge in [0.05, 0.1) is 5.56 Å². The molecule has 0 aliphatic carbocycles. The summed E-state index contributed by atoms with van der Waals surface area (Å²) >= 11 is 9.40. The fourth-order valence-corrected chi connectivity index (χ4v) is 4.43. The smallest absolute Gasteiger partial charge is 0.255 e. The molecule has 0 aromatic heterocycles. The molecule has 1 amide bonds. The Morgan fingerprint density at radius 2 is 2.20 bits per heavy atom. The predicted molar refractivity (Wildman–Crippen MR) is 84.1 cm³/mol. The van der Waals surface area contributed by atoms with Gasteiger partial charge in [0, 0.05) is 34.7 Å². The summed E-state index contributed by atoms with van der Waals surface area (Å²) in [5, 5.41) is 4.07. The van der Waals surface area contributed by atoms with E-state index in [0.29, 0.717) is 22.4 Å². The van der Waals surface area contributed by atoms with Crippen molar-refractivity contribution in [2.75, 3.05) is 19.6 Å². The van der Waals surface area contributed by atoms with Crippen LogP contribution in [0.15, 0.2) is 22.7 Å². The summed E-state index contributed by atoms with van der Waals surface area (Å²) in [5.41, 5.74) is 0.583. The number of fused-ring (bicyclic) bond motifs is 1. The molecule has 2 heterocycles. The zero-order valence-electron chi connectivity index (χ0n) is 11.6. The van der Waals surface area contributed by atoms with Crippen LogP contribution in [0.25, 0.3) is 0 Å².